The number of hydrogen-bond acceptors (Lipinski definition) is 3. The molecule has 0 aromatic heterocycles. The number of amides is 1. The molecule has 4 heteroatoms. The van der Waals surface area contributed by atoms with Crippen LogP contribution in [0.5, 0.6) is 0 Å². The van der Waals surface area contributed by atoms with Gasteiger partial charge in [0.05, 0.1) is 12.1 Å². The molecule has 1 amide bonds. The summed E-state index contributed by atoms with van der Waals surface area (Å²) in [6.45, 7) is 7.52. The average Bonchev–Trinajstić information content (AvgIpc) is 2.97. The maximum atomic E-state index is 11.5. The van der Waals surface area contributed by atoms with Crippen LogP contribution in [0.1, 0.15) is 40.0 Å². The molecule has 1 atom stereocenters. The third kappa shape index (κ3) is 7.34. The average molecular weight is 242 g/mol. The molecule has 1 saturated carbocycles. The summed E-state index contributed by atoms with van der Waals surface area (Å²) in [5.74, 6) is 1.18. The van der Waals surface area contributed by atoms with Gasteiger partial charge in [-0.1, -0.05) is 13.8 Å². The molecule has 17 heavy (non-hydrogen) atoms. The molecule has 4 nitrogen and oxygen atoms in total. The summed E-state index contributed by atoms with van der Waals surface area (Å²) in [7, 11) is 0. The van der Waals surface area contributed by atoms with Crippen molar-refractivity contribution in [1.82, 2.24) is 10.6 Å². The topological polar surface area (TPSA) is 61.4 Å². The molecule has 3 N–H and O–H groups in total. The van der Waals surface area contributed by atoms with E-state index in [-0.39, 0.29) is 5.91 Å². The summed E-state index contributed by atoms with van der Waals surface area (Å²) >= 11 is 0. The van der Waals surface area contributed by atoms with E-state index in [0.29, 0.717) is 25.4 Å². The Hall–Kier alpha value is -0.610. The second kappa shape index (κ2) is 6.36. The molecule has 0 radical (unpaired) electrons. The van der Waals surface area contributed by atoms with Crippen molar-refractivity contribution in [2.24, 2.45) is 11.8 Å². The molecule has 1 aliphatic rings. The van der Waals surface area contributed by atoms with Crippen LogP contribution in [0.25, 0.3) is 0 Å². The van der Waals surface area contributed by atoms with Crippen molar-refractivity contribution in [3.05, 3.63) is 0 Å². The predicted octanol–water partition coefficient (Wildman–Crippen LogP) is 0.899. The number of rotatable bonds is 8. The molecule has 1 rings (SSSR count). The van der Waals surface area contributed by atoms with Gasteiger partial charge in [0.15, 0.2) is 0 Å². The van der Waals surface area contributed by atoms with Crippen molar-refractivity contribution in [2.45, 2.75) is 45.6 Å². The Kier molecular flexibility index (Phi) is 5.40. The van der Waals surface area contributed by atoms with Crippen LogP contribution >= 0.6 is 0 Å². The van der Waals surface area contributed by atoms with E-state index in [4.69, 9.17) is 0 Å². The van der Waals surface area contributed by atoms with Crippen LogP contribution in [0.4, 0.5) is 0 Å². The van der Waals surface area contributed by atoms with Crippen LogP contribution < -0.4 is 10.6 Å². The summed E-state index contributed by atoms with van der Waals surface area (Å²) in [5.41, 5.74) is -0.805. The number of aliphatic hydroxyl groups is 1. The fourth-order valence-electron chi connectivity index (χ4n) is 2.01. The van der Waals surface area contributed by atoms with Crippen molar-refractivity contribution < 1.29 is 9.90 Å². The Morgan fingerprint density at radius 2 is 2.12 bits per heavy atom. The molecule has 1 unspecified atom stereocenters. The van der Waals surface area contributed by atoms with E-state index in [1.54, 1.807) is 6.92 Å². The zero-order valence-electron chi connectivity index (χ0n) is 11.3. The largest absolute Gasteiger partial charge is 0.388 e. The van der Waals surface area contributed by atoms with Crippen molar-refractivity contribution >= 4 is 5.91 Å². The van der Waals surface area contributed by atoms with Crippen LogP contribution in [0.2, 0.25) is 0 Å². The van der Waals surface area contributed by atoms with E-state index in [2.05, 4.69) is 24.5 Å². The van der Waals surface area contributed by atoms with Crippen LogP contribution in [0.15, 0.2) is 0 Å². The maximum absolute atomic E-state index is 11.5. The minimum atomic E-state index is -0.805. The Morgan fingerprint density at radius 1 is 1.47 bits per heavy atom. The molecule has 0 heterocycles. The molecule has 0 bridgehead atoms. The summed E-state index contributed by atoms with van der Waals surface area (Å²) in [5, 5.41) is 15.9. The van der Waals surface area contributed by atoms with E-state index in [9.17, 15) is 9.90 Å². The maximum Gasteiger partial charge on any atom is 0.234 e. The third-order valence-electron chi connectivity index (χ3n) is 2.93. The van der Waals surface area contributed by atoms with Gasteiger partial charge in [0.2, 0.25) is 5.91 Å². The quantitative estimate of drug-likeness (QED) is 0.592. The van der Waals surface area contributed by atoms with Gasteiger partial charge in [0, 0.05) is 6.54 Å². The highest BCUT2D eigenvalue weighted by Crippen LogP contribution is 2.27. The first-order valence-corrected chi connectivity index (χ1v) is 6.59. The van der Waals surface area contributed by atoms with Crippen molar-refractivity contribution in [3.8, 4) is 0 Å². The first-order valence-electron chi connectivity index (χ1n) is 6.59. The lowest BCUT2D eigenvalue weighted by atomic mass is 9.94. The predicted molar refractivity (Wildman–Crippen MR) is 68.7 cm³/mol. The Labute approximate surface area is 104 Å². The van der Waals surface area contributed by atoms with Gasteiger partial charge in [-0.15, -0.1) is 0 Å². The van der Waals surface area contributed by atoms with Crippen molar-refractivity contribution in [2.75, 3.05) is 19.6 Å². The Bertz CT molecular complexity index is 248. The van der Waals surface area contributed by atoms with E-state index in [1.807, 2.05) is 0 Å². The summed E-state index contributed by atoms with van der Waals surface area (Å²) in [6.07, 6.45) is 3.28. The highest BCUT2D eigenvalue weighted by Gasteiger charge is 2.23. The van der Waals surface area contributed by atoms with Crippen molar-refractivity contribution in [3.63, 3.8) is 0 Å². The number of carbonyl (C=O) groups is 1. The Balaban J connectivity index is 2.08. The van der Waals surface area contributed by atoms with Gasteiger partial charge in [-0.25, -0.2) is 0 Å². The minimum Gasteiger partial charge on any atom is -0.388 e. The van der Waals surface area contributed by atoms with Crippen molar-refractivity contribution in [1.29, 1.82) is 0 Å². The molecule has 0 aromatic carbocycles. The van der Waals surface area contributed by atoms with Gasteiger partial charge in [0.25, 0.3) is 0 Å². The zero-order valence-corrected chi connectivity index (χ0v) is 11.3. The van der Waals surface area contributed by atoms with Gasteiger partial charge < -0.3 is 15.7 Å². The Morgan fingerprint density at radius 3 is 2.65 bits per heavy atom. The fraction of sp³-hybridized carbons (Fsp3) is 0.923. The molecular formula is C13H26N2O2. The summed E-state index contributed by atoms with van der Waals surface area (Å²) in [6, 6.07) is 0. The summed E-state index contributed by atoms with van der Waals surface area (Å²) in [4.78, 5) is 11.5. The van der Waals surface area contributed by atoms with Crippen LogP contribution in [0.3, 0.4) is 0 Å². The van der Waals surface area contributed by atoms with Gasteiger partial charge in [-0.3, -0.25) is 4.79 Å². The lowest BCUT2D eigenvalue weighted by Gasteiger charge is -2.25. The zero-order chi connectivity index (χ0) is 12.9. The second-order valence-corrected chi connectivity index (χ2v) is 5.95. The van der Waals surface area contributed by atoms with E-state index in [1.165, 1.54) is 12.8 Å². The fourth-order valence-corrected chi connectivity index (χ4v) is 2.01. The minimum absolute atomic E-state index is 0.0327. The van der Waals surface area contributed by atoms with E-state index in [0.717, 1.165) is 12.5 Å². The molecule has 0 spiro atoms. The van der Waals surface area contributed by atoms with E-state index >= 15 is 0 Å². The SMILES string of the molecule is CC(C)CC(C)(O)CNC(=O)CNCC1CC1. The monoisotopic (exact) mass is 242 g/mol. The molecule has 0 aromatic rings. The summed E-state index contributed by atoms with van der Waals surface area (Å²) < 4.78 is 0. The number of carbonyl (C=O) groups excluding carboxylic acids is 1. The second-order valence-electron chi connectivity index (χ2n) is 5.95. The van der Waals surface area contributed by atoms with Crippen LogP contribution in [-0.4, -0.2) is 36.2 Å². The first kappa shape index (κ1) is 14.5. The van der Waals surface area contributed by atoms with Crippen LogP contribution in [0, 0.1) is 11.8 Å². The highest BCUT2D eigenvalue weighted by atomic mass is 16.3. The van der Waals surface area contributed by atoms with E-state index < -0.39 is 5.60 Å². The van der Waals surface area contributed by atoms with Gasteiger partial charge in [-0.2, -0.15) is 0 Å². The van der Waals surface area contributed by atoms with Gasteiger partial charge >= 0.3 is 0 Å². The molecule has 1 aliphatic carbocycles. The molecule has 0 saturated heterocycles. The van der Waals surface area contributed by atoms with Crippen LogP contribution in [-0.2, 0) is 4.79 Å². The van der Waals surface area contributed by atoms with Gasteiger partial charge in [-0.05, 0) is 44.6 Å². The normalized spacial score (nSPS) is 19.1. The first-order chi connectivity index (χ1) is 7.89. The standard InChI is InChI=1S/C13H26N2O2/c1-10(2)6-13(3,17)9-15-12(16)8-14-7-11-4-5-11/h10-11,14,17H,4-9H2,1-3H3,(H,15,16). The highest BCUT2D eigenvalue weighted by molar-refractivity contribution is 5.78. The molecule has 0 aliphatic heterocycles. The third-order valence-corrected chi connectivity index (χ3v) is 2.93. The van der Waals surface area contributed by atoms with Gasteiger partial charge in [0.1, 0.15) is 0 Å². The molecule has 100 valence electrons. The number of hydrogen-bond donors (Lipinski definition) is 3. The lowest BCUT2D eigenvalue weighted by molar-refractivity contribution is -0.121. The smallest absolute Gasteiger partial charge is 0.234 e. The molecular weight excluding hydrogens is 216 g/mol. The lowest BCUT2D eigenvalue weighted by Crippen LogP contribution is -2.44. The number of nitrogens with one attached hydrogen (secondary N) is 2. The molecule has 1 fully saturated rings.